The topological polar surface area (TPSA) is 80.7 Å². The van der Waals surface area contributed by atoms with E-state index in [1.807, 2.05) is 30.3 Å². The van der Waals surface area contributed by atoms with Crippen LogP contribution in [0.1, 0.15) is 0 Å². The monoisotopic (exact) mass is 174 g/mol. The molecule has 0 fully saturated rings. The Hall–Kier alpha value is -1.97. The van der Waals surface area contributed by atoms with Gasteiger partial charge in [-0.15, -0.1) is 0 Å². The van der Waals surface area contributed by atoms with Crippen LogP contribution in [0.4, 0.5) is 11.5 Å². The number of rotatable bonds is 1. The Kier molecular flexibility index (Phi) is 1.66. The second-order valence-corrected chi connectivity index (χ2v) is 2.76. The maximum atomic E-state index is 5.72. The van der Waals surface area contributed by atoms with Crippen molar-refractivity contribution in [3.8, 4) is 11.3 Å². The number of H-pyrrole nitrogens is 1. The van der Waals surface area contributed by atoms with Gasteiger partial charge in [0, 0.05) is 5.56 Å². The summed E-state index contributed by atoms with van der Waals surface area (Å²) in [6, 6.07) is 9.71. The highest BCUT2D eigenvalue weighted by molar-refractivity contribution is 5.79. The van der Waals surface area contributed by atoms with E-state index >= 15 is 0 Å². The molecule has 0 unspecified atom stereocenters. The van der Waals surface area contributed by atoms with E-state index in [-0.39, 0.29) is 0 Å². The molecule has 0 aliphatic rings. The summed E-state index contributed by atoms with van der Waals surface area (Å²) in [7, 11) is 0. The van der Waals surface area contributed by atoms with E-state index in [9.17, 15) is 0 Å². The molecule has 0 bridgehead atoms. The van der Waals surface area contributed by atoms with Crippen LogP contribution >= 0.6 is 0 Å². The molecular formula is C9H10N4. The molecule has 1 aromatic carbocycles. The van der Waals surface area contributed by atoms with Crippen molar-refractivity contribution in [2.24, 2.45) is 0 Å². The molecule has 0 aliphatic heterocycles. The van der Waals surface area contributed by atoms with E-state index in [1.165, 1.54) is 0 Å². The van der Waals surface area contributed by atoms with E-state index in [0.29, 0.717) is 11.5 Å². The van der Waals surface area contributed by atoms with Gasteiger partial charge in [-0.25, -0.2) is 0 Å². The molecule has 66 valence electrons. The van der Waals surface area contributed by atoms with Gasteiger partial charge >= 0.3 is 0 Å². The average Bonchev–Trinajstić information content (AvgIpc) is 2.49. The Morgan fingerprint density at radius 2 is 1.77 bits per heavy atom. The zero-order chi connectivity index (χ0) is 9.26. The Bertz CT molecular complexity index is 405. The number of nitrogens with zero attached hydrogens (tertiary/aromatic N) is 1. The van der Waals surface area contributed by atoms with Crippen molar-refractivity contribution in [3.05, 3.63) is 30.3 Å². The molecule has 2 rings (SSSR count). The van der Waals surface area contributed by atoms with Crippen molar-refractivity contribution in [1.29, 1.82) is 0 Å². The fraction of sp³-hybridized carbons (Fsp3) is 0. The molecule has 4 nitrogen and oxygen atoms in total. The number of nitrogens with two attached hydrogens (primary N) is 2. The van der Waals surface area contributed by atoms with E-state index in [4.69, 9.17) is 11.5 Å². The summed E-state index contributed by atoms with van der Waals surface area (Å²) in [5, 5.41) is 6.61. The first-order valence-electron chi connectivity index (χ1n) is 3.94. The van der Waals surface area contributed by atoms with Crippen LogP contribution in [0.25, 0.3) is 11.3 Å². The first kappa shape index (κ1) is 7.67. The first-order chi connectivity index (χ1) is 6.29. The summed E-state index contributed by atoms with van der Waals surface area (Å²) in [6.45, 7) is 0. The summed E-state index contributed by atoms with van der Waals surface area (Å²) >= 11 is 0. The van der Waals surface area contributed by atoms with E-state index < -0.39 is 0 Å². The number of anilines is 2. The van der Waals surface area contributed by atoms with Crippen LogP contribution in [0.3, 0.4) is 0 Å². The third-order valence-corrected chi connectivity index (χ3v) is 1.90. The summed E-state index contributed by atoms with van der Waals surface area (Å²) in [5.74, 6) is 0.346. The number of hydrogen-bond donors (Lipinski definition) is 3. The lowest BCUT2D eigenvalue weighted by molar-refractivity contribution is 1.10. The highest BCUT2D eigenvalue weighted by Crippen LogP contribution is 2.26. The lowest BCUT2D eigenvalue weighted by atomic mass is 10.1. The highest BCUT2D eigenvalue weighted by atomic mass is 15.2. The normalized spacial score (nSPS) is 10.2. The minimum Gasteiger partial charge on any atom is -0.394 e. The zero-order valence-electron chi connectivity index (χ0n) is 6.99. The van der Waals surface area contributed by atoms with Gasteiger partial charge in [0.25, 0.3) is 0 Å². The molecule has 1 heterocycles. The smallest absolute Gasteiger partial charge is 0.169 e. The number of aromatic nitrogens is 2. The van der Waals surface area contributed by atoms with Crippen molar-refractivity contribution in [3.63, 3.8) is 0 Å². The molecule has 4 heteroatoms. The predicted molar refractivity (Wildman–Crippen MR) is 52.8 cm³/mol. The largest absolute Gasteiger partial charge is 0.394 e. The number of nitrogen functional groups attached to an aromatic ring is 2. The zero-order valence-corrected chi connectivity index (χ0v) is 6.99. The number of hydrogen-bond acceptors (Lipinski definition) is 3. The minimum absolute atomic E-state index is 0.346. The lowest BCUT2D eigenvalue weighted by Gasteiger charge is -1.97. The van der Waals surface area contributed by atoms with Crippen LogP contribution < -0.4 is 11.5 Å². The molecule has 0 saturated heterocycles. The van der Waals surface area contributed by atoms with Crippen molar-refractivity contribution in [2.45, 2.75) is 0 Å². The fourth-order valence-corrected chi connectivity index (χ4v) is 1.19. The van der Waals surface area contributed by atoms with Gasteiger partial charge in [-0.05, 0) is 0 Å². The summed E-state index contributed by atoms with van der Waals surface area (Å²) < 4.78 is 0. The fourth-order valence-electron chi connectivity index (χ4n) is 1.19. The minimum atomic E-state index is 0.346. The maximum Gasteiger partial charge on any atom is 0.169 e. The van der Waals surface area contributed by atoms with Crippen molar-refractivity contribution >= 4 is 11.5 Å². The SMILES string of the molecule is Nc1n[nH]c(-c2ccccc2)c1N. The number of benzene rings is 1. The number of nitrogens with one attached hydrogen (secondary N) is 1. The highest BCUT2D eigenvalue weighted by Gasteiger charge is 2.07. The van der Waals surface area contributed by atoms with Gasteiger partial charge in [-0.3, -0.25) is 5.10 Å². The predicted octanol–water partition coefficient (Wildman–Crippen LogP) is 1.24. The van der Waals surface area contributed by atoms with Gasteiger partial charge in [0.15, 0.2) is 5.82 Å². The van der Waals surface area contributed by atoms with Crippen molar-refractivity contribution < 1.29 is 0 Å². The van der Waals surface area contributed by atoms with Crippen LogP contribution in [0, 0.1) is 0 Å². The standard InChI is InChI=1S/C9H10N4/c10-7-8(12-13-9(7)11)6-4-2-1-3-5-6/h1-5H,10H2,(H3,11,12,13). The third-order valence-electron chi connectivity index (χ3n) is 1.90. The van der Waals surface area contributed by atoms with Gasteiger partial charge in [0.1, 0.15) is 5.69 Å². The molecule has 0 saturated carbocycles. The Balaban J connectivity index is 2.53. The third kappa shape index (κ3) is 1.22. The molecule has 0 aliphatic carbocycles. The molecule has 0 radical (unpaired) electrons. The molecule has 0 atom stereocenters. The van der Waals surface area contributed by atoms with Crippen LogP contribution in [0.2, 0.25) is 0 Å². The Morgan fingerprint density at radius 1 is 1.08 bits per heavy atom. The number of aromatic amines is 1. The molecule has 0 amide bonds. The summed E-state index contributed by atoms with van der Waals surface area (Å²) in [5.41, 5.74) is 13.5. The van der Waals surface area contributed by atoms with Gasteiger partial charge < -0.3 is 11.5 Å². The van der Waals surface area contributed by atoms with E-state index in [2.05, 4.69) is 10.2 Å². The lowest BCUT2D eigenvalue weighted by Crippen LogP contribution is -1.92. The second-order valence-electron chi connectivity index (χ2n) is 2.76. The molecule has 5 N–H and O–H groups in total. The summed E-state index contributed by atoms with van der Waals surface area (Å²) in [6.07, 6.45) is 0. The van der Waals surface area contributed by atoms with Crippen LogP contribution in [0.5, 0.6) is 0 Å². The van der Waals surface area contributed by atoms with Gasteiger partial charge in [-0.1, -0.05) is 30.3 Å². The Labute approximate surface area is 75.6 Å². The summed E-state index contributed by atoms with van der Waals surface area (Å²) in [4.78, 5) is 0. The molecule has 13 heavy (non-hydrogen) atoms. The van der Waals surface area contributed by atoms with Gasteiger partial charge in [0.2, 0.25) is 0 Å². The van der Waals surface area contributed by atoms with Crippen LogP contribution in [-0.4, -0.2) is 10.2 Å². The second kappa shape index (κ2) is 2.82. The molecule has 2 aromatic rings. The van der Waals surface area contributed by atoms with E-state index in [0.717, 1.165) is 11.3 Å². The van der Waals surface area contributed by atoms with Gasteiger partial charge in [-0.2, -0.15) is 5.10 Å². The first-order valence-corrected chi connectivity index (χ1v) is 3.94. The average molecular weight is 174 g/mol. The maximum absolute atomic E-state index is 5.72. The van der Waals surface area contributed by atoms with Crippen LogP contribution in [-0.2, 0) is 0 Å². The van der Waals surface area contributed by atoms with E-state index in [1.54, 1.807) is 0 Å². The van der Waals surface area contributed by atoms with Crippen molar-refractivity contribution in [1.82, 2.24) is 10.2 Å². The Morgan fingerprint density at radius 3 is 2.31 bits per heavy atom. The molecular weight excluding hydrogens is 164 g/mol. The molecule has 0 spiro atoms. The van der Waals surface area contributed by atoms with Crippen molar-refractivity contribution in [2.75, 3.05) is 11.5 Å². The quantitative estimate of drug-likeness (QED) is 0.608. The van der Waals surface area contributed by atoms with Gasteiger partial charge in [0.05, 0.1) is 5.69 Å². The molecule has 1 aromatic heterocycles. The van der Waals surface area contributed by atoms with Crippen LogP contribution in [0.15, 0.2) is 30.3 Å².